The average molecular weight is 538 g/mol. The minimum absolute atomic E-state index is 0.0547. The van der Waals surface area contributed by atoms with Crippen LogP contribution in [0.1, 0.15) is 72.7 Å². The number of Topliss-reactive ketones (excluding diaryl/α,β-unsaturated/α-hetero) is 1. The van der Waals surface area contributed by atoms with E-state index in [1.807, 2.05) is 49.4 Å². The van der Waals surface area contributed by atoms with E-state index in [0.717, 1.165) is 75.0 Å². The molecule has 0 saturated heterocycles. The molecule has 39 heavy (non-hydrogen) atoms. The second-order valence-electron chi connectivity index (χ2n) is 9.95. The van der Waals surface area contributed by atoms with Crippen LogP contribution in [0.5, 0.6) is 5.75 Å². The van der Waals surface area contributed by atoms with Gasteiger partial charge in [0.1, 0.15) is 18.2 Å². The molecule has 0 spiro atoms. The lowest BCUT2D eigenvalue weighted by atomic mass is 10.1. The van der Waals surface area contributed by atoms with Gasteiger partial charge in [0.2, 0.25) is 0 Å². The van der Waals surface area contributed by atoms with Crippen LogP contribution in [0.2, 0.25) is 0 Å². The monoisotopic (exact) mass is 537 g/mol. The molecule has 6 heteroatoms. The molecule has 2 aromatic heterocycles. The summed E-state index contributed by atoms with van der Waals surface area (Å²) in [7, 11) is 0. The van der Waals surface area contributed by atoms with Crippen LogP contribution in [0.3, 0.4) is 0 Å². The van der Waals surface area contributed by atoms with Gasteiger partial charge in [-0.25, -0.2) is 9.97 Å². The van der Waals surface area contributed by atoms with E-state index in [9.17, 15) is 4.79 Å². The zero-order valence-corrected chi connectivity index (χ0v) is 23.9. The van der Waals surface area contributed by atoms with Crippen molar-refractivity contribution in [3.63, 3.8) is 0 Å². The molecule has 5 nitrogen and oxygen atoms in total. The normalized spacial score (nSPS) is 12.1. The van der Waals surface area contributed by atoms with Crippen LogP contribution in [0.25, 0.3) is 33.7 Å². The summed E-state index contributed by atoms with van der Waals surface area (Å²) in [4.78, 5) is 22.9. The molecule has 1 atom stereocenters. The number of thiazole rings is 1. The second-order valence-corrected chi connectivity index (χ2v) is 11.2. The fraction of sp³-hybridized carbons (Fsp3) is 0.303. The third kappa shape index (κ3) is 5.81. The van der Waals surface area contributed by atoms with Crippen LogP contribution in [0.15, 0.2) is 72.8 Å². The number of imidazole rings is 1. The molecular weight excluding hydrogens is 502 g/mol. The number of rotatable bonds is 11. The molecule has 0 aliphatic heterocycles. The summed E-state index contributed by atoms with van der Waals surface area (Å²) < 4.78 is 8.59. The van der Waals surface area contributed by atoms with Gasteiger partial charge in [-0.2, -0.15) is 0 Å². The van der Waals surface area contributed by atoms with Crippen molar-refractivity contribution >= 4 is 28.2 Å². The van der Waals surface area contributed by atoms with E-state index < -0.39 is 0 Å². The van der Waals surface area contributed by atoms with Gasteiger partial charge < -0.3 is 9.30 Å². The van der Waals surface area contributed by atoms with Crippen molar-refractivity contribution in [3.05, 3.63) is 88.2 Å². The zero-order valence-electron chi connectivity index (χ0n) is 23.1. The summed E-state index contributed by atoms with van der Waals surface area (Å²) in [5.41, 5.74) is 5.77. The van der Waals surface area contributed by atoms with Crippen molar-refractivity contribution in [2.24, 2.45) is 0 Å². The zero-order chi connectivity index (χ0) is 27.4. The Kier molecular flexibility index (Phi) is 8.22. The minimum Gasteiger partial charge on any atom is -0.488 e. The van der Waals surface area contributed by atoms with E-state index in [2.05, 4.69) is 48.7 Å². The molecule has 1 unspecified atom stereocenters. The number of carbonyl (C=O) groups is 1. The lowest BCUT2D eigenvalue weighted by molar-refractivity contribution is 0.101. The van der Waals surface area contributed by atoms with Gasteiger partial charge in [-0.15, -0.1) is 11.3 Å². The van der Waals surface area contributed by atoms with E-state index in [0.29, 0.717) is 18.2 Å². The number of hydrogen-bond acceptors (Lipinski definition) is 5. The van der Waals surface area contributed by atoms with Gasteiger partial charge in [0.25, 0.3) is 0 Å². The van der Waals surface area contributed by atoms with Crippen LogP contribution in [0, 0.1) is 6.92 Å². The van der Waals surface area contributed by atoms with E-state index in [4.69, 9.17) is 14.7 Å². The number of nitrogens with zero attached hydrogens (tertiary/aromatic N) is 3. The quantitative estimate of drug-likeness (QED) is 0.158. The highest BCUT2D eigenvalue weighted by Gasteiger charge is 2.20. The largest absolute Gasteiger partial charge is 0.488 e. The summed E-state index contributed by atoms with van der Waals surface area (Å²) in [6.07, 6.45) is 4.44. The Morgan fingerprint density at radius 3 is 2.44 bits per heavy atom. The first-order chi connectivity index (χ1) is 19.0. The van der Waals surface area contributed by atoms with Crippen LogP contribution < -0.4 is 4.74 Å². The Balaban J connectivity index is 1.43. The maximum Gasteiger partial charge on any atom is 0.159 e. The first kappa shape index (κ1) is 26.8. The van der Waals surface area contributed by atoms with Gasteiger partial charge in [-0.3, -0.25) is 4.79 Å². The number of hydrogen-bond donors (Lipinski definition) is 0. The molecule has 0 bridgehead atoms. The number of unbranched alkanes of at least 4 members (excludes halogenated alkanes) is 1. The van der Waals surface area contributed by atoms with Gasteiger partial charge in [0.05, 0.1) is 26.6 Å². The fourth-order valence-electron chi connectivity index (χ4n) is 5.08. The van der Waals surface area contributed by atoms with Crippen molar-refractivity contribution in [1.29, 1.82) is 0 Å². The van der Waals surface area contributed by atoms with Crippen LogP contribution in [-0.2, 0) is 6.61 Å². The Bertz CT molecular complexity index is 1570. The average Bonchev–Trinajstić information content (AvgIpc) is 3.53. The predicted octanol–water partition coefficient (Wildman–Crippen LogP) is 9.06. The number of aromatic nitrogens is 3. The number of aryl methyl sites for hydroxylation is 1. The molecule has 0 aliphatic rings. The first-order valence-electron chi connectivity index (χ1n) is 13.8. The highest BCUT2D eigenvalue weighted by atomic mass is 32.1. The topological polar surface area (TPSA) is 57.0 Å². The number of benzene rings is 3. The van der Waals surface area contributed by atoms with Crippen molar-refractivity contribution in [3.8, 4) is 28.4 Å². The summed E-state index contributed by atoms with van der Waals surface area (Å²) >= 11 is 1.67. The number of fused-ring (bicyclic) bond motifs is 1. The van der Waals surface area contributed by atoms with Crippen molar-refractivity contribution in [2.45, 2.75) is 66.0 Å². The Morgan fingerprint density at radius 2 is 1.74 bits per heavy atom. The van der Waals surface area contributed by atoms with Crippen LogP contribution in [-0.4, -0.2) is 20.3 Å². The van der Waals surface area contributed by atoms with Crippen molar-refractivity contribution in [1.82, 2.24) is 14.5 Å². The molecule has 200 valence electrons. The molecule has 5 rings (SSSR count). The summed E-state index contributed by atoms with van der Waals surface area (Å²) in [5.74, 6) is 1.80. The van der Waals surface area contributed by atoms with Gasteiger partial charge >= 0.3 is 0 Å². The summed E-state index contributed by atoms with van der Waals surface area (Å²) in [6, 6.07) is 24.7. The molecule has 0 saturated carbocycles. The molecule has 0 N–H and O–H groups in total. The summed E-state index contributed by atoms with van der Waals surface area (Å²) in [5, 5.41) is 1.03. The molecular formula is C33H35N3O2S. The molecule has 3 aromatic carbocycles. The van der Waals surface area contributed by atoms with Gasteiger partial charge in [0, 0.05) is 22.7 Å². The molecule has 5 aromatic rings. The smallest absolute Gasteiger partial charge is 0.159 e. The van der Waals surface area contributed by atoms with Crippen molar-refractivity contribution in [2.75, 3.05) is 0 Å². The van der Waals surface area contributed by atoms with E-state index in [1.54, 1.807) is 18.3 Å². The summed E-state index contributed by atoms with van der Waals surface area (Å²) in [6.45, 7) is 8.57. The lowest BCUT2D eigenvalue weighted by Gasteiger charge is -2.20. The number of ketones is 1. The minimum atomic E-state index is 0.0547. The highest BCUT2D eigenvalue weighted by Crippen LogP contribution is 2.34. The predicted molar refractivity (Wildman–Crippen MR) is 161 cm³/mol. The van der Waals surface area contributed by atoms with Crippen LogP contribution in [0.4, 0.5) is 0 Å². The third-order valence-electron chi connectivity index (χ3n) is 7.16. The van der Waals surface area contributed by atoms with Gasteiger partial charge in [-0.1, -0.05) is 57.0 Å². The number of ether oxygens (including phenoxy) is 1. The fourth-order valence-corrected chi connectivity index (χ4v) is 5.96. The van der Waals surface area contributed by atoms with Crippen LogP contribution >= 0.6 is 11.3 Å². The Labute approximate surface area is 234 Å². The lowest BCUT2D eigenvalue weighted by Crippen LogP contribution is -2.10. The van der Waals surface area contributed by atoms with Gasteiger partial charge in [-0.05, 0) is 69.2 Å². The van der Waals surface area contributed by atoms with E-state index in [-0.39, 0.29) is 5.78 Å². The highest BCUT2D eigenvalue weighted by molar-refractivity contribution is 7.12. The molecule has 0 aliphatic carbocycles. The number of carbonyl (C=O) groups excluding carboxylic acids is 1. The van der Waals surface area contributed by atoms with Crippen molar-refractivity contribution < 1.29 is 9.53 Å². The molecule has 0 amide bonds. The SMILES string of the molecule is CCCCC(CC)n1c(-c2ccc(OCc3sc(C)nc3-c3ccccc3)cc2)nc2cc(C(C)=O)ccc21. The standard InChI is InChI=1S/C33H35N3O2S/c1-5-7-13-27(6-2)36-30-19-16-26(22(3)37)20-29(30)35-33(36)25-14-17-28(18-15-25)38-21-31-32(34-23(4)39-31)24-11-9-8-10-12-24/h8-12,14-20,27H,5-7,13,21H2,1-4H3. The first-order valence-corrected chi connectivity index (χ1v) is 14.6. The van der Waals surface area contributed by atoms with E-state index >= 15 is 0 Å². The van der Waals surface area contributed by atoms with Gasteiger partial charge in [0.15, 0.2) is 5.78 Å². The van der Waals surface area contributed by atoms with E-state index in [1.165, 1.54) is 0 Å². The Morgan fingerprint density at radius 1 is 0.974 bits per heavy atom. The molecule has 2 heterocycles. The molecule has 0 fully saturated rings. The second kappa shape index (κ2) is 12.0. The molecule has 0 radical (unpaired) electrons. The maximum absolute atomic E-state index is 12.0. The maximum atomic E-state index is 12.0. The third-order valence-corrected chi connectivity index (χ3v) is 8.10. The Hall–Kier alpha value is -3.77.